The number of amides is 1. The predicted molar refractivity (Wildman–Crippen MR) is 83.1 cm³/mol. The van der Waals surface area contributed by atoms with Gasteiger partial charge in [0.2, 0.25) is 0 Å². The molecule has 1 atom stereocenters. The standard InChI is InChI=1S/C16H24N2O3/c1-6-18(7-2)15(19)12(5)21-16(20)13-9-14(17)11(4)8-10(13)3/h8-9,12H,6-7,17H2,1-5H3. The van der Waals surface area contributed by atoms with Crippen LogP contribution in [0.2, 0.25) is 0 Å². The number of carbonyl (C=O) groups excluding carboxylic acids is 2. The Balaban J connectivity index is 2.86. The van der Waals surface area contributed by atoms with Gasteiger partial charge in [0.25, 0.3) is 5.91 Å². The highest BCUT2D eigenvalue weighted by molar-refractivity contribution is 5.94. The molecule has 0 spiro atoms. The molecule has 1 rings (SSSR count). The first-order chi connectivity index (χ1) is 9.81. The largest absolute Gasteiger partial charge is 0.449 e. The van der Waals surface area contributed by atoms with Gasteiger partial charge >= 0.3 is 5.97 Å². The monoisotopic (exact) mass is 292 g/mol. The number of benzene rings is 1. The number of hydrogen-bond acceptors (Lipinski definition) is 4. The number of aryl methyl sites for hydroxylation is 2. The summed E-state index contributed by atoms with van der Waals surface area (Å²) in [6.07, 6.45) is -0.806. The molecule has 0 heterocycles. The third-order valence-corrected chi connectivity index (χ3v) is 3.54. The Morgan fingerprint density at radius 1 is 1.19 bits per heavy atom. The fraction of sp³-hybridized carbons (Fsp3) is 0.500. The summed E-state index contributed by atoms with van der Waals surface area (Å²) in [5.74, 6) is -0.710. The average Bonchev–Trinajstić information content (AvgIpc) is 2.43. The first-order valence-corrected chi connectivity index (χ1v) is 7.18. The average molecular weight is 292 g/mol. The van der Waals surface area contributed by atoms with E-state index in [9.17, 15) is 9.59 Å². The number of hydrogen-bond donors (Lipinski definition) is 1. The van der Waals surface area contributed by atoms with Crippen molar-refractivity contribution in [2.24, 2.45) is 0 Å². The van der Waals surface area contributed by atoms with Crippen molar-refractivity contribution in [2.75, 3.05) is 18.8 Å². The van der Waals surface area contributed by atoms with Crippen molar-refractivity contribution in [3.63, 3.8) is 0 Å². The zero-order valence-electron chi connectivity index (χ0n) is 13.4. The summed E-state index contributed by atoms with van der Waals surface area (Å²) in [4.78, 5) is 25.9. The van der Waals surface area contributed by atoms with E-state index in [4.69, 9.17) is 10.5 Å². The fourth-order valence-corrected chi connectivity index (χ4v) is 2.16. The van der Waals surface area contributed by atoms with Crippen LogP contribution in [0.25, 0.3) is 0 Å². The van der Waals surface area contributed by atoms with Crippen LogP contribution in [0, 0.1) is 13.8 Å². The van der Waals surface area contributed by atoms with Gasteiger partial charge in [0, 0.05) is 18.8 Å². The molecule has 1 amide bonds. The van der Waals surface area contributed by atoms with Crippen molar-refractivity contribution in [2.45, 2.75) is 40.7 Å². The molecule has 0 aliphatic rings. The molecule has 1 aromatic carbocycles. The molecule has 21 heavy (non-hydrogen) atoms. The van der Waals surface area contributed by atoms with Crippen LogP contribution in [0.1, 0.15) is 42.3 Å². The Kier molecular flexibility index (Phi) is 5.76. The van der Waals surface area contributed by atoms with Crippen LogP contribution in [0.4, 0.5) is 5.69 Å². The highest BCUT2D eigenvalue weighted by Crippen LogP contribution is 2.19. The van der Waals surface area contributed by atoms with Crippen LogP contribution in [0.3, 0.4) is 0 Å². The lowest BCUT2D eigenvalue weighted by molar-refractivity contribution is -0.139. The van der Waals surface area contributed by atoms with E-state index in [1.165, 1.54) is 0 Å². The van der Waals surface area contributed by atoms with E-state index >= 15 is 0 Å². The van der Waals surface area contributed by atoms with Crippen molar-refractivity contribution in [3.8, 4) is 0 Å². The van der Waals surface area contributed by atoms with Crippen molar-refractivity contribution >= 4 is 17.6 Å². The summed E-state index contributed by atoms with van der Waals surface area (Å²) in [5.41, 5.74) is 8.46. The number of nitrogens with two attached hydrogens (primary N) is 1. The summed E-state index contributed by atoms with van der Waals surface area (Å²) in [7, 11) is 0. The molecule has 0 bridgehead atoms. The number of ether oxygens (including phenoxy) is 1. The van der Waals surface area contributed by atoms with Crippen molar-refractivity contribution in [3.05, 3.63) is 28.8 Å². The molecule has 0 saturated carbocycles. The molecule has 5 nitrogen and oxygen atoms in total. The first-order valence-electron chi connectivity index (χ1n) is 7.18. The van der Waals surface area contributed by atoms with E-state index < -0.39 is 12.1 Å². The minimum absolute atomic E-state index is 0.189. The minimum atomic E-state index is -0.806. The summed E-state index contributed by atoms with van der Waals surface area (Å²) < 4.78 is 5.27. The van der Waals surface area contributed by atoms with Crippen molar-refractivity contribution in [1.29, 1.82) is 0 Å². The second kappa shape index (κ2) is 7.11. The summed E-state index contributed by atoms with van der Waals surface area (Å²) in [5, 5.41) is 0. The summed E-state index contributed by atoms with van der Waals surface area (Å²) >= 11 is 0. The van der Waals surface area contributed by atoms with Crippen LogP contribution < -0.4 is 5.73 Å². The topological polar surface area (TPSA) is 72.6 Å². The maximum Gasteiger partial charge on any atom is 0.339 e. The van der Waals surface area contributed by atoms with Gasteiger partial charge in [0.05, 0.1) is 5.56 Å². The fourth-order valence-electron chi connectivity index (χ4n) is 2.16. The Morgan fingerprint density at radius 2 is 1.76 bits per heavy atom. The highest BCUT2D eigenvalue weighted by Gasteiger charge is 2.23. The van der Waals surface area contributed by atoms with E-state index in [-0.39, 0.29) is 5.91 Å². The molecule has 5 heteroatoms. The maximum atomic E-state index is 12.2. The summed E-state index contributed by atoms with van der Waals surface area (Å²) in [6, 6.07) is 3.43. The van der Waals surface area contributed by atoms with E-state index in [0.717, 1.165) is 11.1 Å². The first kappa shape index (κ1) is 17.0. The Hall–Kier alpha value is -2.04. The van der Waals surface area contributed by atoms with E-state index in [0.29, 0.717) is 24.3 Å². The van der Waals surface area contributed by atoms with Crippen molar-refractivity contribution in [1.82, 2.24) is 4.90 Å². The van der Waals surface area contributed by atoms with Crippen LogP contribution in [-0.4, -0.2) is 36.0 Å². The van der Waals surface area contributed by atoms with Gasteiger partial charge in [-0.1, -0.05) is 6.07 Å². The second-order valence-corrected chi connectivity index (χ2v) is 5.08. The SMILES string of the molecule is CCN(CC)C(=O)C(C)OC(=O)c1cc(N)c(C)cc1C. The zero-order valence-corrected chi connectivity index (χ0v) is 13.4. The molecule has 0 aliphatic heterocycles. The van der Waals surface area contributed by atoms with E-state index in [2.05, 4.69) is 0 Å². The van der Waals surface area contributed by atoms with Gasteiger partial charge in [0.1, 0.15) is 0 Å². The third-order valence-electron chi connectivity index (χ3n) is 3.54. The van der Waals surface area contributed by atoms with Gasteiger partial charge in [-0.15, -0.1) is 0 Å². The van der Waals surface area contributed by atoms with Crippen molar-refractivity contribution < 1.29 is 14.3 Å². The number of carbonyl (C=O) groups is 2. The molecule has 2 N–H and O–H groups in total. The second-order valence-electron chi connectivity index (χ2n) is 5.08. The van der Waals surface area contributed by atoms with Crippen LogP contribution in [0.15, 0.2) is 12.1 Å². The molecule has 0 aliphatic carbocycles. The normalized spacial score (nSPS) is 11.9. The van der Waals surface area contributed by atoms with Gasteiger partial charge in [-0.05, 0) is 51.8 Å². The minimum Gasteiger partial charge on any atom is -0.449 e. The van der Waals surface area contributed by atoms with Crippen LogP contribution in [-0.2, 0) is 9.53 Å². The lowest BCUT2D eigenvalue weighted by Gasteiger charge is -2.23. The third kappa shape index (κ3) is 3.97. The number of likely N-dealkylation sites (N-methyl/N-ethyl adjacent to an activating group) is 1. The van der Waals surface area contributed by atoms with Gasteiger partial charge in [0.15, 0.2) is 6.10 Å². The zero-order chi connectivity index (χ0) is 16.2. The predicted octanol–water partition coefficient (Wildman–Crippen LogP) is 2.30. The molecular formula is C16H24N2O3. The number of esters is 1. The molecule has 0 radical (unpaired) electrons. The van der Waals surface area contributed by atoms with Crippen LogP contribution in [0.5, 0.6) is 0 Å². The number of anilines is 1. The van der Waals surface area contributed by atoms with Gasteiger partial charge in [-0.3, -0.25) is 4.79 Å². The molecule has 1 aromatic rings. The van der Waals surface area contributed by atoms with Gasteiger partial charge in [-0.2, -0.15) is 0 Å². The molecule has 116 valence electrons. The van der Waals surface area contributed by atoms with Crippen LogP contribution >= 0.6 is 0 Å². The lowest BCUT2D eigenvalue weighted by atomic mass is 10.0. The molecule has 0 aromatic heterocycles. The molecule has 0 fully saturated rings. The molecular weight excluding hydrogens is 268 g/mol. The molecule has 0 saturated heterocycles. The lowest BCUT2D eigenvalue weighted by Crippen LogP contribution is -2.39. The smallest absolute Gasteiger partial charge is 0.339 e. The van der Waals surface area contributed by atoms with Gasteiger partial charge < -0.3 is 15.4 Å². The van der Waals surface area contributed by atoms with Gasteiger partial charge in [-0.25, -0.2) is 4.79 Å². The summed E-state index contributed by atoms with van der Waals surface area (Å²) in [6.45, 7) is 10.2. The van der Waals surface area contributed by atoms with E-state index in [1.807, 2.05) is 33.8 Å². The maximum absolute atomic E-state index is 12.2. The van der Waals surface area contributed by atoms with E-state index in [1.54, 1.807) is 17.9 Å². The highest BCUT2D eigenvalue weighted by atomic mass is 16.5. The number of nitrogens with zero attached hydrogens (tertiary/aromatic N) is 1. The number of nitrogen functional groups attached to an aromatic ring is 1. The Labute approximate surface area is 126 Å². The Morgan fingerprint density at radius 3 is 2.29 bits per heavy atom. The Bertz CT molecular complexity index is 537. The quantitative estimate of drug-likeness (QED) is 0.667. The molecule has 1 unspecified atom stereocenters. The number of rotatable bonds is 5.